The van der Waals surface area contributed by atoms with Crippen LogP contribution in [0.15, 0.2) is 18.2 Å². The van der Waals surface area contributed by atoms with Gasteiger partial charge in [0.1, 0.15) is 17.8 Å². The molecule has 1 aromatic carbocycles. The smallest absolute Gasteiger partial charge is 0.147 e. The summed E-state index contributed by atoms with van der Waals surface area (Å²) in [5, 5.41) is 0. The first-order valence-corrected chi connectivity index (χ1v) is 8.42. The molecule has 0 saturated heterocycles. The first-order valence-electron chi connectivity index (χ1n) is 8.42. The van der Waals surface area contributed by atoms with Crippen LogP contribution < -0.4 is 4.74 Å². The van der Waals surface area contributed by atoms with Crippen molar-refractivity contribution in [2.24, 2.45) is 5.92 Å². The number of aldehydes is 1. The van der Waals surface area contributed by atoms with Gasteiger partial charge in [0.05, 0.1) is 12.0 Å². The minimum absolute atomic E-state index is 0.0492. The van der Waals surface area contributed by atoms with E-state index in [0.717, 1.165) is 48.8 Å². The van der Waals surface area contributed by atoms with Gasteiger partial charge in [-0.1, -0.05) is 12.1 Å². The van der Waals surface area contributed by atoms with Crippen LogP contribution in [0.25, 0.3) is 0 Å². The van der Waals surface area contributed by atoms with Crippen molar-refractivity contribution in [2.45, 2.75) is 63.9 Å². The van der Waals surface area contributed by atoms with Crippen LogP contribution in [0.4, 0.5) is 0 Å². The Morgan fingerprint density at radius 1 is 1.27 bits per heavy atom. The zero-order chi connectivity index (χ0) is 15.5. The average Bonchev–Trinajstić information content (AvgIpc) is 3.16. The van der Waals surface area contributed by atoms with E-state index < -0.39 is 5.92 Å². The number of Topliss-reactive ketones (excluding diaryl/α,β-unsaturated/α-hetero) is 1. The second-order valence-electron chi connectivity index (χ2n) is 6.78. The summed E-state index contributed by atoms with van der Waals surface area (Å²) in [5.74, 6) is 0.755. The highest BCUT2D eigenvalue weighted by Gasteiger charge is 2.29. The Labute approximate surface area is 132 Å². The van der Waals surface area contributed by atoms with Gasteiger partial charge in [-0.15, -0.1) is 0 Å². The van der Waals surface area contributed by atoms with E-state index in [1.807, 2.05) is 25.1 Å². The summed E-state index contributed by atoms with van der Waals surface area (Å²) in [6, 6.07) is 5.75. The summed E-state index contributed by atoms with van der Waals surface area (Å²) in [7, 11) is 0. The van der Waals surface area contributed by atoms with E-state index in [4.69, 9.17) is 4.74 Å². The summed E-state index contributed by atoms with van der Waals surface area (Å²) in [5.41, 5.74) is 1.84. The molecular weight excluding hydrogens is 276 g/mol. The minimum Gasteiger partial charge on any atom is -0.490 e. The standard InChI is InChI=1S/C19H24O3/c1-13-6-9-15(11-19(13)22-16-4-2-3-5-16)17(12-20)18(21)10-14-7-8-14/h6,9,11-12,14,16-17H,2-5,7-8,10H2,1H3. The number of aryl methyl sites for hydroxylation is 1. The SMILES string of the molecule is Cc1ccc(C(C=O)C(=O)CC2CC2)cc1OC1CCCC1. The summed E-state index contributed by atoms with van der Waals surface area (Å²) < 4.78 is 6.09. The molecule has 2 aliphatic rings. The van der Waals surface area contributed by atoms with Crippen molar-refractivity contribution in [1.82, 2.24) is 0 Å². The van der Waals surface area contributed by atoms with Crippen LogP contribution in [-0.4, -0.2) is 18.2 Å². The van der Waals surface area contributed by atoms with Gasteiger partial charge in [-0.05, 0) is 68.6 Å². The predicted molar refractivity (Wildman–Crippen MR) is 85.2 cm³/mol. The van der Waals surface area contributed by atoms with Crippen molar-refractivity contribution < 1.29 is 14.3 Å². The molecule has 0 heterocycles. The van der Waals surface area contributed by atoms with Gasteiger partial charge in [0.2, 0.25) is 0 Å². The fourth-order valence-corrected chi connectivity index (χ4v) is 3.20. The normalized spacial score (nSPS) is 19.9. The second kappa shape index (κ2) is 6.64. The van der Waals surface area contributed by atoms with E-state index in [9.17, 15) is 9.59 Å². The molecule has 0 aliphatic heterocycles. The van der Waals surface area contributed by atoms with Gasteiger partial charge >= 0.3 is 0 Å². The highest BCUT2D eigenvalue weighted by molar-refractivity contribution is 5.99. The Balaban J connectivity index is 1.76. The third-order valence-corrected chi connectivity index (χ3v) is 4.84. The molecule has 2 fully saturated rings. The molecule has 0 amide bonds. The molecule has 0 bridgehead atoms. The molecule has 0 aromatic heterocycles. The lowest BCUT2D eigenvalue weighted by molar-refractivity contribution is -0.124. The first kappa shape index (κ1) is 15.3. The molecule has 1 unspecified atom stereocenters. The van der Waals surface area contributed by atoms with Gasteiger partial charge in [0.25, 0.3) is 0 Å². The zero-order valence-corrected chi connectivity index (χ0v) is 13.2. The Kier molecular flexibility index (Phi) is 4.60. The van der Waals surface area contributed by atoms with Gasteiger partial charge in [-0.2, -0.15) is 0 Å². The molecule has 0 N–H and O–H groups in total. The summed E-state index contributed by atoms with van der Waals surface area (Å²) in [4.78, 5) is 23.7. The number of benzene rings is 1. The molecule has 3 heteroatoms. The van der Waals surface area contributed by atoms with Crippen molar-refractivity contribution in [3.05, 3.63) is 29.3 Å². The van der Waals surface area contributed by atoms with E-state index in [1.165, 1.54) is 12.8 Å². The Bertz CT molecular complexity index is 554. The van der Waals surface area contributed by atoms with Crippen LogP contribution in [-0.2, 0) is 9.59 Å². The van der Waals surface area contributed by atoms with Crippen LogP contribution in [0.5, 0.6) is 5.75 Å². The second-order valence-corrected chi connectivity index (χ2v) is 6.78. The van der Waals surface area contributed by atoms with Crippen LogP contribution >= 0.6 is 0 Å². The number of hydrogen-bond donors (Lipinski definition) is 0. The monoisotopic (exact) mass is 300 g/mol. The summed E-state index contributed by atoms with van der Waals surface area (Å²) >= 11 is 0. The number of rotatable bonds is 7. The maximum absolute atomic E-state index is 12.3. The van der Waals surface area contributed by atoms with Crippen LogP contribution in [0, 0.1) is 12.8 Å². The number of carbonyl (C=O) groups is 2. The molecular formula is C19H24O3. The maximum atomic E-state index is 12.3. The predicted octanol–water partition coefficient (Wildman–Crippen LogP) is 3.97. The topological polar surface area (TPSA) is 43.4 Å². The van der Waals surface area contributed by atoms with Crippen LogP contribution in [0.2, 0.25) is 0 Å². The van der Waals surface area contributed by atoms with E-state index in [0.29, 0.717) is 12.3 Å². The van der Waals surface area contributed by atoms with Gasteiger partial charge in [-0.3, -0.25) is 4.79 Å². The zero-order valence-electron chi connectivity index (χ0n) is 13.2. The van der Waals surface area contributed by atoms with Crippen LogP contribution in [0.1, 0.15) is 62.0 Å². The van der Waals surface area contributed by atoms with Crippen molar-refractivity contribution in [3.63, 3.8) is 0 Å². The fourth-order valence-electron chi connectivity index (χ4n) is 3.20. The largest absolute Gasteiger partial charge is 0.490 e. The Morgan fingerprint density at radius 2 is 2.00 bits per heavy atom. The number of ketones is 1. The number of hydrogen-bond acceptors (Lipinski definition) is 3. The molecule has 22 heavy (non-hydrogen) atoms. The van der Waals surface area contributed by atoms with E-state index >= 15 is 0 Å². The van der Waals surface area contributed by atoms with Gasteiger partial charge in [-0.25, -0.2) is 0 Å². The Hall–Kier alpha value is -1.64. The highest BCUT2D eigenvalue weighted by atomic mass is 16.5. The van der Waals surface area contributed by atoms with E-state index in [2.05, 4.69) is 0 Å². The number of carbonyl (C=O) groups excluding carboxylic acids is 2. The number of ether oxygens (including phenoxy) is 1. The first-order chi connectivity index (χ1) is 10.7. The summed E-state index contributed by atoms with van der Waals surface area (Å²) in [6.45, 7) is 2.01. The maximum Gasteiger partial charge on any atom is 0.147 e. The summed E-state index contributed by atoms with van der Waals surface area (Å²) in [6.07, 6.45) is 8.50. The fraction of sp³-hybridized carbons (Fsp3) is 0.579. The molecule has 3 nitrogen and oxygen atoms in total. The van der Waals surface area contributed by atoms with Gasteiger partial charge in [0, 0.05) is 6.42 Å². The van der Waals surface area contributed by atoms with E-state index in [-0.39, 0.29) is 11.9 Å². The molecule has 2 aliphatic carbocycles. The minimum atomic E-state index is -0.632. The third-order valence-electron chi connectivity index (χ3n) is 4.84. The lowest BCUT2D eigenvalue weighted by Gasteiger charge is -2.17. The van der Waals surface area contributed by atoms with E-state index in [1.54, 1.807) is 0 Å². The van der Waals surface area contributed by atoms with Crippen molar-refractivity contribution >= 4 is 12.1 Å². The molecule has 2 saturated carbocycles. The van der Waals surface area contributed by atoms with Crippen LogP contribution in [0.3, 0.4) is 0 Å². The molecule has 1 atom stereocenters. The Morgan fingerprint density at radius 3 is 2.64 bits per heavy atom. The molecule has 0 spiro atoms. The average molecular weight is 300 g/mol. The lowest BCUT2D eigenvalue weighted by Crippen LogP contribution is -2.16. The van der Waals surface area contributed by atoms with Crippen molar-refractivity contribution in [3.8, 4) is 5.75 Å². The van der Waals surface area contributed by atoms with Crippen molar-refractivity contribution in [2.75, 3.05) is 0 Å². The molecule has 1 aromatic rings. The highest BCUT2D eigenvalue weighted by Crippen LogP contribution is 2.35. The lowest BCUT2D eigenvalue weighted by atomic mass is 9.92. The van der Waals surface area contributed by atoms with Crippen molar-refractivity contribution in [1.29, 1.82) is 0 Å². The quantitative estimate of drug-likeness (QED) is 0.565. The molecule has 3 rings (SSSR count). The van der Waals surface area contributed by atoms with Gasteiger partial charge < -0.3 is 9.53 Å². The third kappa shape index (κ3) is 3.57. The van der Waals surface area contributed by atoms with Gasteiger partial charge in [0.15, 0.2) is 0 Å². The molecule has 0 radical (unpaired) electrons. The molecule has 118 valence electrons.